The Morgan fingerprint density at radius 3 is 2.61 bits per heavy atom. The first-order valence-electron chi connectivity index (χ1n) is 10.6. The summed E-state index contributed by atoms with van der Waals surface area (Å²) < 4.78 is 17.9. The molecule has 3 aromatic rings. The number of allylic oxidation sites excluding steroid dienone is 1. The van der Waals surface area contributed by atoms with Crippen molar-refractivity contribution < 1.29 is 19.0 Å². The lowest BCUT2D eigenvalue weighted by atomic mass is 9.80. The molecule has 1 heterocycles. The van der Waals surface area contributed by atoms with E-state index >= 15 is 0 Å². The minimum Gasteiger partial charge on any atom is -0.493 e. The normalized spacial score (nSPS) is 23.1. The molecule has 0 saturated heterocycles. The molecule has 4 nitrogen and oxygen atoms in total. The molecule has 5 rings (SSSR count). The molecule has 0 amide bonds. The molecule has 0 bridgehead atoms. The summed E-state index contributed by atoms with van der Waals surface area (Å²) in [6.45, 7) is 0.527. The van der Waals surface area contributed by atoms with E-state index in [9.17, 15) is 4.79 Å². The van der Waals surface area contributed by atoms with Crippen molar-refractivity contribution in [3.05, 3.63) is 89.3 Å². The topological polar surface area (TPSA) is 44.8 Å². The zero-order valence-electron chi connectivity index (χ0n) is 17.0. The molecule has 3 unspecified atom stereocenters. The Balaban J connectivity index is 1.21. The molecule has 3 atom stereocenters. The quantitative estimate of drug-likeness (QED) is 0.489. The van der Waals surface area contributed by atoms with Gasteiger partial charge >= 0.3 is 0 Å². The van der Waals surface area contributed by atoms with Gasteiger partial charge < -0.3 is 14.2 Å². The fourth-order valence-electron chi connectivity index (χ4n) is 4.31. The second-order valence-corrected chi connectivity index (χ2v) is 8.55. The summed E-state index contributed by atoms with van der Waals surface area (Å²) in [6.07, 6.45) is 3.63. The van der Waals surface area contributed by atoms with Gasteiger partial charge in [-0.05, 0) is 53.4 Å². The van der Waals surface area contributed by atoms with Crippen LogP contribution in [0, 0.1) is 5.92 Å². The Morgan fingerprint density at radius 1 is 0.968 bits per heavy atom. The zero-order valence-corrected chi connectivity index (χ0v) is 17.8. The summed E-state index contributed by atoms with van der Waals surface area (Å²) >= 11 is 5.93. The number of fused-ring (bicyclic) bond motifs is 2. The van der Waals surface area contributed by atoms with E-state index in [4.69, 9.17) is 25.8 Å². The lowest BCUT2D eigenvalue weighted by molar-refractivity contribution is -0.134. The van der Waals surface area contributed by atoms with E-state index in [0.29, 0.717) is 23.8 Å². The van der Waals surface area contributed by atoms with Crippen molar-refractivity contribution in [2.24, 2.45) is 5.92 Å². The largest absolute Gasteiger partial charge is 0.493 e. The summed E-state index contributed by atoms with van der Waals surface area (Å²) in [7, 11) is 0. The highest BCUT2D eigenvalue weighted by molar-refractivity contribution is 6.30. The van der Waals surface area contributed by atoms with Crippen LogP contribution >= 0.6 is 11.6 Å². The van der Waals surface area contributed by atoms with Gasteiger partial charge in [-0.15, -0.1) is 0 Å². The second kappa shape index (κ2) is 8.74. The summed E-state index contributed by atoms with van der Waals surface area (Å²) in [5.74, 6) is 0.744. The highest BCUT2D eigenvalue weighted by Gasteiger charge is 2.41. The summed E-state index contributed by atoms with van der Waals surface area (Å²) in [6, 6.07) is 21.5. The van der Waals surface area contributed by atoms with Crippen molar-refractivity contribution in [3.8, 4) is 5.75 Å². The maximum absolute atomic E-state index is 13.0. The molecule has 158 valence electrons. The molecule has 3 aromatic carbocycles. The molecule has 2 aliphatic rings. The van der Waals surface area contributed by atoms with Gasteiger partial charge in [0, 0.05) is 11.4 Å². The monoisotopic (exact) mass is 434 g/mol. The molecule has 0 spiro atoms. The predicted molar refractivity (Wildman–Crippen MR) is 120 cm³/mol. The minimum atomic E-state index is -0.184. The Labute approximate surface area is 186 Å². The third kappa shape index (κ3) is 4.46. The average molecular weight is 435 g/mol. The zero-order chi connectivity index (χ0) is 21.2. The Hall–Kier alpha value is -2.82. The van der Waals surface area contributed by atoms with Gasteiger partial charge in [-0.1, -0.05) is 54.1 Å². The first kappa shape index (κ1) is 20.1. The number of benzene rings is 3. The number of ether oxygens (including phenoxy) is 3. The first-order valence-corrected chi connectivity index (χ1v) is 11.0. The number of Topliss-reactive ketones (excluding diaryl/α,β-unsaturated/α-hetero) is 1. The van der Waals surface area contributed by atoms with Crippen molar-refractivity contribution in [2.45, 2.75) is 38.1 Å². The van der Waals surface area contributed by atoms with Gasteiger partial charge in [-0.2, -0.15) is 0 Å². The van der Waals surface area contributed by atoms with Gasteiger partial charge in [0.15, 0.2) is 0 Å². The van der Waals surface area contributed by atoms with E-state index < -0.39 is 0 Å². The van der Waals surface area contributed by atoms with E-state index in [1.807, 2.05) is 66.7 Å². The summed E-state index contributed by atoms with van der Waals surface area (Å²) in [5.41, 5.74) is 1.08. The van der Waals surface area contributed by atoms with Gasteiger partial charge in [0.05, 0.1) is 18.6 Å². The van der Waals surface area contributed by atoms with Crippen LogP contribution in [0.2, 0.25) is 5.02 Å². The van der Waals surface area contributed by atoms with Crippen LogP contribution in [-0.2, 0) is 20.9 Å². The third-order valence-electron chi connectivity index (χ3n) is 6.02. The summed E-state index contributed by atoms with van der Waals surface area (Å²) in [5, 5.41) is 2.92. The van der Waals surface area contributed by atoms with Crippen molar-refractivity contribution in [3.63, 3.8) is 0 Å². The molecule has 0 N–H and O–H groups in total. The SMILES string of the molecule is O=C1C(Oc2ccc3ccccc3c2)=COC2CC(OCc3ccc(Cl)cc3)CCC12. The number of ketones is 1. The third-order valence-corrected chi connectivity index (χ3v) is 6.27. The molecule has 0 aromatic heterocycles. The molecule has 1 fully saturated rings. The van der Waals surface area contributed by atoms with Gasteiger partial charge in [0.2, 0.25) is 11.5 Å². The van der Waals surface area contributed by atoms with Crippen molar-refractivity contribution in [2.75, 3.05) is 0 Å². The molecular formula is C26H23ClO4. The van der Waals surface area contributed by atoms with E-state index in [2.05, 4.69) is 0 Å². The Morgan fingerprint density at radius 2 is 1.77 bits per heavy atom. The Bertz CT molecular complexity index is 1120. The van der Waals surface area contributed by atoms with Crippen LogP contribution < -0.4 is 4.74 Å². The highest BCUT2D eigenvalue weighted by atomic mass is 35.5. The van der Waals surface area contributed by atoms with E-state index in [1.165, 1.54) is 6.26 Å². The van der Waals surface area contributed by atoms with Crippen molar-refractivity contribution in [1.29, 1.82) is 0 Å². The van der Waals surface area contributed by atoms with Crippen LogP contribution in [0.25, 0.3) is 10.8 Å². The van der Waals surface area contributed by atoms with E-state index in [0.717, 1.165) is 29.2 Å². The lowest BCUT2D eigenvalue weighted by Crippen LogP contribution is -2.42. The maximum Gasteiger partial charge on any atom is 0.207 e. The smallest absolute Gasteiger partial charge is 0.207 e. The maximum atomic E-state index is 13.0. The number of hydrogen-bond acceptors (Lipinski definition) is 4. The number of hydrogen-bond donors (Lipinski definition) is 0. The minimum absolute atomic E-state index is 0.0144. The van der Waals surface area contributed by atoms with Crippen LogP contribution in [0.4, 0.5) is 0 Å². The highest BCUT2D eigenvalue weighted by Crippen LogP contribution is 2.35. The standard InChI is InChI=1S/C26H23ClO4/c27-20-8-5-17(6-9-20)15-29-21-11-12-23-24(14-21)30-16-25(26(23)28)31-22-10-7-18-3-1-2-4-19(18)13-22/h1-10,13,16,21,23-24H,11-12,14-15H2. The van der Waals surface area contributed by atoms with Crippen molar-refractivity contribution in [1.82, 2.24) is 0 Å². The van der Waals surface area contributed by atoms with Crippen LogP contribution in [-0.4, -0.2) is 18.0 Å². The van der Waals surface area contributed by atoms with Crippen molar-refractivity contribution >= 4 is 28.2 Å². The first-order chi connectivity index (χ1) is 15.2. The number of rotatable bonds is 5. The lowest BCUT2D eigenvalue weighted by Gasteiger charge is -2.37. The van der Waals surface area contributed by atoms with Gasteiger partial charge in [0.25, 0.3) is 0 Å². The fourth-order valence-corrected chi connectivity index (χ4v) is 4.44. The van der Waals surface area contributed by atoms with Crippen LogP contribution in [0.1, 0.15) is 24.8 Å². The second-order valence-electron chi connectivity index (χ2n) is 8.11. The van der Waals surface area contributed by atoms with Gasteiger partial charge in [0.1, 0.15) is 18.1 Å². The molecule has 5 heteroatoms. The van der Waals surface area contributed by atoms with E-state index in [-0.39, 0.29) is 29.7 Å². The number of carbonyl (C=O) groups is 1. The Kier molecular flexibility index (Phi) is 5.66. The molecule has 1 saturated carbocycles. The fraction of sp³-hybridized carbons (Fsp3) is 0.269. The van der Waals surface area contributed by atoms with Gasteiger partial charge in [-0.25, -0.2) is 0 Å². The summed E-state index contributed by atoms with van der Waals surface area (Å²) in [4.78, 5) is 13.0. The molecule has 31 heavy (non-hydrogen) atoms. The average Bonchev–Trinajstić information content (AvgIpc) is 2.80. The number of carbonyl (C=O) groups excluding carboxylic acids is 1. The molecule has 1 aliphatic heterocycles. The predicted octanol–water partition coefficient (Wildman–Crippen LogP) is 6.07. The van der Waals surface area contributed by atoms with Crippen LogP contribution in [0.3, 0.4) is 0 Å². The van der Waals surface area contributed by atoms with Gasteiger partial charge in [-0.3, -0.25) is 4.79 Å². The number of halogens is 1. The molecular weight excluding hydrogens is 412 g/mol. The van der Waals surface area contributed by atoms with E-state index in [1.54, 1.807) is 0 Å². The molecule has 1 aliphatic carbocycles. The molecule has 0 radical (unpaired) electrons. The van der Waals surface area contributed by atoms with Crippen LogP contribution in [0.15, 0.2) is 78.8 Å². The van der Waals surface area contributed by atoms with Crippen LogP contribution in [0.5, 0.6) is 5.75 Å².